The number of methoxy groups -OCH3 is 1. The Bertz CT molecular complexity index is 164. The quantitative estimate of drug-likeness (QED) is 0.707. The Morgan fingerprint density at radius 2 is 1.86 bits per heavy atom. The molecule has 0 aromatic carbocycles. The van der Waals surface area contributed by atoms with Gasteiger partial charge in [0.2, 0.25) is 0 Å². The molecule has 0 aromatic heterocycles. The lowest BCUT2D eigenvalue weighted by molar-refractivity contribution is -0.149. The number of nitrogens with zero attached hydrogens (tertiary/aromatic N) is 1. The molecule has 84 valence electrons. The molecule has 0 aliphatic carbocycles. The molecule has 1 aliphatic heterocycles. The topological polar surface area (TPSA) is 12.5 Å². The SMILES string of the molecule is COCC1CCN(CC(F)(F)F)CC1. The van der Waals surface area contributed by atoms with E-state index in [4.69, 9.17) is 4.74 Å². The number of piperidine rings is 1. The molecule has 0 unspecified atom stereocenters. The summed E-state index contributed by atoms with van der Waals surface area (Å²) in [5.41, 5.74) is 0. The van der Waals surface area contributed by atoms with Gasteiger partial charge in [0.1, 0.15) is 0 Å². The normalized spacial score (nSPS) is 21.4. The molecule has 1 saturated heterocycles. The Morgan fingerprint density at radius 3 is 2.29 bits per heavy atom. The van der Waals surface area contributed by atoms with Crippen LogP contribution in [0.3, 0.4) is 0 Å². The minimum Gasteiger partial charge on any atom is -0.384 e. The van der Waals surface area contributed by atoms with Crippen LogP contribution in [0.2, 0.25) is 0 Å². The highest BCUT2D eigenvalue weighted by atomic mass is 19.4. The van der Waals surface area contributed by atoms with E-state index in [0.29, 0.717) is 25.6 Å². The van der Waals surface area contributed by atoms with Crippen LogP contribution in [-0.4, -0.2) is 44.4 Å². The van der Waals surface area contributed by atoms with Crippen molar-refractivity contribution in [2.45, 2.75) is 19.0 Å². The van der Waals surface area contributed by atoms with Crippen LogP contribution >= 0.6 is 0 Å². The molecule has 0 saturated carbocycles. The van der Waals surface area contributed by atoms with E-state index in [1.54, 1.807) is 7.11 Å². The molecule has 1 rings (SSSR count). The van der Waals surface area contributed by atoms with Crippen LogP contribution in [0.25, 0.3) is 0 Å². The van der Waals surface area contributed by atoms with E-state index in [-0.39, 0.29) is 0 Å². The fourth-order valence-corrected chi connectivity index (χ4v) is 1.80. The molecule has 0 aromatic rings. The van der Waals surface area contributed by atoms with E-state index in [1.165, 1.54) is 4.90 Å². The van der Waals surface area contributed by atoms with Crippen LogP contribution in [-0.2, 0) is 4.74 Å². The van der Waals surface area contributed by atoms with E-state index < -0.39 is 12.7 Å². The number of likely N-dealkylation sites (tertiary alicyclic amines) is 1. The standard InChI is InChI=1S/C9H16F3NO/c1-14-6-8-2-4-13(5-3-8)7-9(10,11)12/h8H,2-7H2,1H3. The van der Waals surface area contributed by atoms with Crippen LogP contribution in [0.5, 0.6) is 0 Å². The zero-order valence-corrected chi connectivity index (χ0v) is 8.31. The van der Waals surface area contributed by atoms with Gasteiger partial charge in [-0.15, -0.1) is 0 Å². The van der Waals surface area contributed by atoms with Crippen molar-refractivity contribution < 1.29 is 17.9 Å². The van der Waals surface area contributed by atoms with E-state index in [1.807, 2.05) is 0 Å². The third-order valence-corrected chi connectivity index (χ3v) is 2.51. The summed E-state index contributed by atoms with van der Waals surface area (Å²) in [5.74, 6) is 0.435. The van der Waals surface area contributed by atoms with E-state index >= 15 is 0 Å². The van der Waals surface area contributed by atoms with Crippen LogP contribution in [0, 0.1) is 5.92 Å². The number of ether oxygens (including phenoxy) is 1. The molecule has 1 heterocycles. The molecule has 0 atom stereocenters. The number of halogens is 3. The minimum atomic E-state index is -4.06. The first-order valence-corrected chi connectivity index (χ1v) is 4.79. The van der Waals surface area contributed by atoms with E-state index in [2.05, 4.69) is 0 Å². The molecule has 5 heteroatoms. The van der Waals surface area contributed by atoms with Crippen LogP contribution in [0.15, 0.2) is 0 Å². The summed E-state index contributed by atoms with van der Waals surface area (Å²) < 4.78 is 41.0. The molecule has 14 heavy (non-hydrogen) atoms. The molecule has 0 bridgehead atoms. The van der Waals surface area contributed by atoms with E-state index in [0.717, 1.165) is 12.8 Å². The largest absolute Gasteiger partial charge is 0.401 e. The van der Waals surface area contributed by atoms with Crippen molar-refractivity contribution in [1.82, 2.24) is 4.90 Å². The van der Waals surface area contributed by atoms with Gasteiger partial charge in [0.25, 0.3) is 0 Å². The Balaban J connectivity index is 2.22. The first kappa shape index (κ1) is 11.8. The molecule has 0 N–H and O–H groups in total. The minimum absolute atomic E-state index is 0.435. The first-order chi connectivity index (χ1) is 6.51. The smallest absolute Gasteiger partial charge is 0.384 e. The van der Waals surface area contributed by atoms with Crippen molar-refractivity contribution in [1.29, 1.82) is 0 Å². The molecule has 2 nitrogen and oxygen atoms in total. The number of hydrogen-bond acceptors (Lipinski definition) is 2. The van der Waals surface area contributed by atoms with Gasteiger partial charge in [-0.3, -0.25) is 4.90 Å². The van der Waals surface area contributed by atoms with Gasteiger partial charge in [-0.25, -0.2) is 0 Å². The first-order valence-electron chi connectivity index (χ1n) is 4.79. The molecular formula is C9H16F3NO. The van der Waals surface area contributed by atoms with Gasteiger partial charge in [0.05, 0.1) is 6.54 Å². The Morgan fingerprint density at radius 1 is 1.29 bits per heavy atom. The summed E-state index contributed by atoms with van der Waals surface area (Å²) in [6.07, 6.45) is -2.44. The molecular weight excluding hydrogens is 195 g/mol. The van der Waals surface area contributed by atoms with Crippen molar-refractivity contribution in [2.24, 2.45) is 5.92 Å². The average Bonchev–Trinajstić information content (AvgIpc) is 2.06. The molecule has 0 spiro atoms. The summed E-state index contributed by atoms with van der Waals surface area (Å²) in [4.78, 5) is 1.46. The average molecular weight is 211 g/mol. The summed E-state index contributed by atoms with van der Waals surface area (Å²) >= 11 is 0. The Labute approximate surface area is 82.0 Å². The third kappa shape index (κ3) is 4.28. The summed E-state index contributed by atoms with van der Waals surface area (Å²) in [6.45, 7) is 0.966. The number of alkyl halides is 3. The van der Waals surface area contributed by atoms with Gasteiger partial charge in [0.15, 0.2) is 0 Å². The summed E-state index contributed by atoms with van der Waals surface area (Å²) in [5, 5.41) is 0. The maximum atomic E-state index is 12.0. The van der Waals surface area contributed by atoms with Gasteiger partial charge in [-0.05, 0) is 31.8 Å². The number of rotatable bonds is 3. The molecule has 1 aliphatic rings. The van der Waals surface area contributed by atoms with Crippen molar-refractivity contribution in [2.75, 3.05) is 33.4 Å². The van der Waals surface area contributed by atoms with Crippen molar-refractivity contribution in [3.05, 3.63) is 0 Å². The predicted octanol–water partition coefficient (Wildman–Crippen LogP) is 1.91. The van der Waals surface area contributed by atoms with Gasteiger partial charge >= 0.3 is 6.18 Å². The fourth-order valence-electron chi connectivity index (χ4n) is 1.80. The van der Waals surface area contributed by atoms with Gasteiger partial charge in [-0.2, -0.15) is 13.2 Å². The highest BCUT2D eigenvalue weighted by molar-refractivity contribution is 4.73. The highest BCUT2D eigenvalue weighted by Crippen LogP contribution is 2.22. The van der Waals surface area contributed by atoms with Crippen molar-refractivity contribution in [3.63, 3.8) is 0 Å². The summed E-state index contributed by atoms with van der Waals surface area (Å²) in [7, 11) is 1.63. The van der Waals surface area contributed by atoms with Gasteiger partial charge in [0, 0.05) is 13.7 Å². The molecule has 0 amide bonds. The van der Waals surface area contributed by atoms with E-state index in [9.17, 15) is 13.2 Å². The van der Waals surface area contributed by atoms with Crippen LogP contribution in [0.1, 0.15) is 12.8 Å². The van der Waals surface area contributed by atoms with Crippen LogP contribution < -0.4 is 0 Å². The Kier molecular flexibility index (Phi) is 4.19. The molecule has 1 fully saturated rings. The van der Waals surface area contributed by atoms with Gasteiger partial charge < -0.3 is 4.74 Å². The fraction of sp³-hybridized carbons (Fsp3) is 1.00. The predicted molar refractivity (Wildman–Crippen MR) is 47.1 cm³/mol. The Hall–Kier alpha value is -0.290. The lowest BCUT2D eigenvalue weighted by atomic mass is 9.98. The van der Waals surface area contributed by atoms with Crippen LogP contribution in [0.4, 0.5) is 13.2 Å². The third-order valence-electron chi connectivity index (χ3n) is 2.51. The monoisotopic (exact) mass is 211 g/mol. The lowest BCUT2D eigenvalue weighted by Gasteiger charge is -2.31. The molecule has 0 radical (unpaired) electrons. The van der Waals surface area contributed by atoms with Crippen molar-refractivity contribution >= 4 is 0 Å². The maximum absolute atomic E-state index is 12.0. The second kappa shape index (κ2) is 4.98. The maximum Gasteiger partial charge on any atom is 0.401 e. The second-order valence-corrected chi connectivity index (χ2v) is 3.79. The van der Waals surface area contributed by atoms with Gasteiger partial charge in [-0.1, -0.05) is 0 Å². The summed E-state index contributed by atoms with van der Waals surface area (Å²) in [6, 6.07) is 0. The zero-order chi connectivity index (χ0) is 10.6. The lowest BCUT2D eigenvalue weighted by Crippen LogP contribution is -2.40. The number of hydrogen-bond donors (Lipinski definition) is 0. The zero-order valence-electron chi connectivity index (χ0n) is 8.31. The van der Waals surface area contributed by atoms with Crippen molar-refractivity contribution in [3.8, 4) is 0 Å². The highest BCUT2D eigenvalue weighted by Gasteiger charge is 2.32. The second-order valence-electron chi connectivity index (χ2n) is 3.79.